The molecule has 0 atom stereocenters. The molecule has 0 spiro atoms. The fourth-order valence-corrected chi connectivity index (χ4v) is 5.46. The number of halogens is 1. The molecular weight excluding hydrogens is 520 g/mol. The zero-order valence-corrected chi connectivity index (χ0v) is 20.8. The molecule has 4 aromatic rings. The SMILES string of the molecule is Cc1ccc(N(CC(=O)N=Nc2c(O)[nH]c3ccc(Br)cc23)S(=O)(=O)c2ccccc2)c(C)c1. The first kappa shape index (κ1) is 23.7. The number of anilines is 1. The largest absolute Gasteiger partial charge is 0.493 e. The van der Waals surface area contributed by atoms with Gasteiger partial charge >= 0.3 is 0 Å². The van der Waals surface area contributed by atoms with Crippen LogP contribution in [0.2, 0.25) is 0 Å². The van der Waals surface area contributed by atoms with Crippen molar-refractivity contribution in [2.24, 2.45) is 10.2 Å². The normalized spacial score (nSPS) is 11.9. The van der Waals surface area contributed by atoms with Crippen molar-refractivity contribution in [2.75, 3.05) is 10.8 Å². The minimum Gasteiger partial charge on any atom is -0.493 e. The third-order valence-electron chi connectivity index (χ3n) is 5.21. The number of aromatic hydroxyl groups is 1. The van der Waals surface area contributed by atoms with Crippen LogP contribution >= 0.6 is 15.9 Å². The molecular formula is C24H21BrN4O4S. The molecule has 1 aromatic heterocycles. The van der Waals surface area contributed by atoms with E-state index in [4.69, 9.17) is 0 Å². The summed E-state index contributed by atoms with van der Waals surface area (Å²) in [4.78, 5) is 15.6. The van der Waals surface area contributed by atoms with Crippen molar-refractivity contribution in [3.63, 3.8) is 0 Å². The highest BCUT2D eigenvalue weighted by Crippen LogP contribution is 2.37. The number of sulfonamides is 1. The number of rotatable bonds is 6. The number of nitrogens with zero attached hydrogens (tertiary/aromatic N) is 3. The minimum atomic E-state index is -4.06. The maximum atomic E-state index is 13.5. The van der Waals surface area contributed by atoms with Gasteiger partial charge in [-0.05, 0) is 55.8 Å². The van der Waals surface area contributed by atoms with Gasteiger partial charge in [0.2, 0.25) is 5.88 Å². The van der Waals surface area contributed by atoms with E-state index in [1.54, 1.807) is 55.5 Å². The monoisotopic (exact) mass is 540 g/mol. The molecule has 174 valence electrons. The molecule has 1 heterocycles. The van der Waals surface area contributed by atoms with Gasteiger partial charge in [0.15, 0.2) is 5.69 Å². The van der Waals surface area contributed by atoms with Gasteiger partial charge in [-0.2, -0.15) is 0 Å². The van der Waals surface area contributed by atoms with Crippen LogP contribution in [0.25, 0.3) is 10.9 Å². The van der Waals surface area contributed by atoms with E-state index in [0.717, 1.165) is 14.3 Å². The highest BCUT2D eigenvalue weighted by atomic mass is 79.9. The van der Waals surface area contributed by atoms with Gasteiger partial charge in [0.05, 0.1) is 16.1 Å². The lowest BCUT2D eigenvalue weighted by atomic mass is 10.1. The fraction of sp³-hybridized carbons (Fsp3) is 0.125. The molecule has 3 aromatic carbocycles. The number of aromatic nitrogens is 1. The number of aryl methyl sites for hydroxylation is 2. The molecule has 8 nitrogen and oxygen atoms in total. The van der Waals surface area contributed by atoms with Gasteiger partial charge in [-0.15, -0.1) is 10.2 Å². The Labute approximate surface area is 205 Å². The lowest BCUT2D eigenvalue weighted by Crippen LogP contribution is -2.35. The highest BCUT2D eigenvalue weighted by Gasteiger charge is 2.28. The highest BCUT2D eigenvalue weighted by molar-refractivity contribution is 9.10. The summed E-state index contributed by atoms with van der Waals surface area (Å²) in [7, 11) is -4.06. The lowest BCUT2D eigenvalue weighted by Gasteiger charge is -2.25. The average molecular weight is 541 g/mol. The summed E-state index contributed by atoms with van der Waals surface area (Å²) in [6.07, 6.45) is 0. The van der Waals surface area contributed by atoms with Crippen molar-refractivity contribution in [3.8, 4) is 5.88 Å². The Bertz CT molecular complexity index is 1520. The van der Waals surface area contributed by atoms with Crippen LogP contribution in [-0.2, 0) is 14.8 Å². The molecule has 34 heavy (non-hydrogen) atoms. The second-order valence-electron chi connectivity index (χ2n) is 7.72. The number of fused-ring (bicyclic) bond motifs is 1. The first-order chi connectivity index (χ1) is 16.2. The standard InChI is InChI=1S/C24H21BrN4O4S/c1-15-8-11-21(16(2)12-15)29(34(32,33)18-6-4-3-5-7-18)14-22(30)27-28-23-19-13-17(25)9-10-20(19)26-24(23)31/h3-13,26,31H,14H2,1-2H3. The molecule has 0 saturated carbocycles. The molecule has 0 aliphatic heterocycles. The molecule has 0 aliphatic rings. The lowest BCUT2D eigenvalue weighted by molar-refractivity contribution is -0.116. The molecule has 0 aliphatic carbocycles. The number of carbonyl (C=O) groups excluding carboxylic acids is 1. The van der Waals surface area contributed by atoms with E-state index in [1.165, 1.54) is 12.1 Å². The van der Waals surface area contributed by atoms with Crippen LogP contribution in [0.5, 0.6) is 5.88 Å². The Balaban J connectivity index is 1.70. The predicted molar refractivity (Wildman–Crippen MR) is 134 cm³/mol. The number of H-pyrrole nitrogens is 1. The second-order valence-corrected chi connectivity index (χ2v) is 10.5. The summed E-state index contributed by atoms with van der Waals surface area (Å²) >= 11 is 3.36. The molecule has 0 bridgehead atoms. The smallest absolute Gasteiger partial charge is 0.285 e. The topological polar surface area (TPSA) is 115 Å². The number of aromatic amines is 1. The first-order valence-electron chi connectivity index (χ1n) is 10.3. The average Bonchev–Trinajstić information content (AvgIpc) is 3.11. The zero-order chi connectivity index (χ0) is 24.5. The van der Waals surface area contributed by atoms with Crippen LogP contribution in [-0.4, -0.2) is 31.0 Å². The van der Waals surface area contributed by atoms with Crippen LogP contribution in [0.15, 0.2) is 86.3 Å². The summed E-state index contributed by atoms with van der Waals surface area (Å²) in [5.74, 6) is -1.03. The van der Waals surface area contributed by atoms with Crippen molar-refractivity contribution in [1.82, 2.24) is 4.98 Å². The number of hydrogen-bond acceptors (Lipinski definition) is 5. The zero-order valence-electron chi connectivity index (χ0n) is 18.4. The van der Waals surface area contributed by atoms with Crippen molar-refractivity contribution in [2.45, 2.75) is 18.7 Å². The van der Waals surface area contributed by atoms with E-state index in [-0.39, 0.29) is 16.5 Å². The Morgan fingerprint density at radius 3 is 2.50 bits per heavy atom. The Hall–Kier alpha value is -3.50. The van der Waals surface area contributed by atoms with Gasteiger partial charge in [0, 0.05) is 9.86 Å². The van der Waals surface area contributed by atoms with Gasteiger partial charge < -0.3 is 10.1 Å². The van der Waals surface area contributed by atoms with Crippen LogP contribution in [0.3, 0.4) is 0 Å². The summed E-state index contributed by atoms with van der Waals surface area (Å²) in [6, 6.07) is 18.4. The maximum Gasteiger partial charge on any atom is 0.285 e. The van der Waals surface area contributed by atoms with Gasteiger partial charge in [0.1, 0.15) is 6.54 Å². The van der Waals surface area contributed by atoms with Gasteiger partial charge in [-0.1, -0.05) is 51.8 Å². The first-order valence-corrected chi connectivity index (χ1v) is 12.5. The van der Waals surface area contributed by atoms with Gasteiger partial charge in [-0.3, -0.25) is 9.10 Å². The third-order valence-corrected chi connectivity index (χ3v) is 7.47. The van der Waals surface area contributed by atoms with Crippen LogP contribution in [0.1, 0.15) is 11.1 Å². The van der Waals surface area contributed by atoms with Crippen molar-refractivity contribution >= 4 is 54.1 Å². The van der Waals surface area contributed by atoms with E-state index in [0.29, 0.717) is 22.2 Å². The summed E-state index contributed by atoms with van der Waals surface area (Å²) < 4.78 is 28.7. The van der Waals surface area contributed by atoms with Crippen LogP contribution in [0.4, 0.5) is 11.4 Å². The molecule has 0 saturated heterocycles. The summed E-state index contributed by atoms with van der Waals surface area (Å²) in [5.41, 5.74) is 2.74. The molecule has 4 rings (SSSR count). The molecule has 1 amide bonds. The number of amides is 1. The van der Waals surface area contributed by atoms with Gasteiger partial charge in [0.25, 0.3) is 15.9 Å². The number of benzene rings is 3. The van der Waals surface area contributed by atoms with Crippen LogP contribution in [0, 0.1) is 13.8 Å². The van der Waals surface area contributed by atoms with E-state index < -0.39 is 22.5 Å². The second kappa shape index (κ2) is 9.40. The number of hydrogen-bond donors (Lipinski definition) is 2. The third kappa shape index (κ3) is 4.73. The molecule has 0 radical (unpaired) electrons. The van der Waals surface area contributed by atoms with Crippen molar-refractivity contribution in [3.05, 3.63) is 82.3 Å². The molecule has 2 N–H and O–H groups in total. The maximum absolute atomic E-state index is 13.5. The fourth-order valence-electron chi connectivity index (χ4n) is 3.60. The Morgan fingerprint density at radius 1 is 1.06 bits per heavy atom. The molecule has 10 heteroatoms. The van der Waals surface area contributed by atoms with E-state index in [1.807, 2.05) is 13.0 Å². The van der Waals surface area contributed by atoms with Crippen molar-refractivity contribution in [1.29, 1.82) is 0 Å². The van der Waals surface area contributed by atoms with E-state index >= 15 is 0 Å². The Morgan fingerprint density at radius 2 is 1.79 bits per heavy atom. The molecule has 0 fully saturated rings. The number of azo groups is 1. The minimum absolute atomic E-state index is 0.0545. The number of nitrogens with one attached hydrogen (secondary N) is 1. The van der Waals surface area contributed by atoms with Crippen LogP contribution < -0.4 is 4.31 Å². The molecule has 0 unspecified atom stereocenters. The number of carbonyl (C=O) groups is 1. The van der Waals surface area contributed by atoms with E-state index in [2.05, 4.69) is 31.1 Å². The quantitative estimate of drug-likeness (QED) is 0.302. The van der Waals surface area contributed by atoms with Gasteiger partial charge in [-0.25, -0.2) is 8.42 Å². The van der Waals surface area contributed by atoms with Crippen molar-refractivity contribution < 1.29 is 18.3 Å². The predicted octanol–water partition coefficient (Wildman–Crippen LogP) is 5.76. The summed E-state index contributed by atoms with van der Waals surface area (Å²) in [6.45, 7) is 3.12. The van der Waals surface area contributed by atoms with E-state index in [9.17, 15) is 18.3 Å². The summed E-state index contributed by atoms with van der Waals surface area (Å²) in [5, 5.41) is 18.4. The Kier molecular flexibility index (Phi) is 6.54.